The van der Waals surface area contributed by atoms with E-state index in [1.54, 1.807) is 6.92 Å². The van der Waals surface area contributed by atoms with E-state index < -0.39 is 11.6 Å². The summed E-state index contributed by atoms with van der Waals surface area (Å²) < 4.78 is 4.57. The number of esters is 1. The van der Waals surface area contributed by atoms with Crippen LogP contribution in [0.2, 0.25) is 0 Å². The van der Waals surface area contributed by atoms with Gasteiger partial charge in [-0.3, -0.25) is 4.79 Å². The van der Waals surface area contributed by atoms with E-state index in [0.29, 0.717) is 30.7 Å². The van der Waals surface area contributed by atoms with Crippen molar-refractivity contribution in [3.05, 3.63) is 10.0 Å². The van der Waals surface area contributed by atoms with Crippen molar-refractivity contribution in [2.75, 3.05) is 7.11 Å². The average molecular weight is 335 g/mol. The van der Waals surface area contributed by atoms with E-state index in [1.165, 1.54) is 7.11 Å². The van der Waals surface area contributed by atoms with Gasteiger partial charge in [0.05, 0.1) is 13.2 Å². The predicted octanol–water partition coefficient (Wildman–Crippen LogP) is 1.86. The Morgan fingerprint density at radius 2 is 2.13 bits per heavy atom. The molecule has 1 aliphatic heterocycles. The summed E-state index contributed by atoms with van der Waals surface area (Å²) in [4.78, 5) is 23.3. The lowest BCUT2D eigenvalue weighted by atomic mass is 10.0. The number of aromatic nitrogens is 2. The third-order valence-electron chi connectivity index (χ3n) is 3.35. The number of carbonyl (C=O) groups excluding carboxylic acids is 2. The SMILES string of the molecule is C#CCCC1(CCC(=O)NC(C)c2nnc(C(=O)OC)s2)N=N1. The number of carbonyl (C=O) groups is 2. The highest BCUT2D eigenvalue weighted by Gasteiger charge is 2.39. The Morgan fingerprint density at radius 1 is 1.39 bits per heavy atom. The Labute approximate surface area is 137 Å². The third kappa shape index (κ3) is 4.56. The highest BCUT2D eigenvalue weighted by molar-refractivity contribution is 7.13. The number of nitrogens with zero attached hydrogens (tertiary/aromatic N) is 4. The van der Waals surface area contributed by atoms with E-state index in [-0.39, 0.29) is 17.0 Å². The quantitative estimate of drug-likeness (QED) is 0.576. The smallest absolute Gasteiger partial charge is 0.369 e. The molecule has 0 saturated carbocycles. The number of methoxy groups -OCH3 is 1. The van der Waals surface area contributed by atoms with Gasteiger partial charge < -0.3 is 10.1 Å². The van der Waals surface area contributed by atoms with Gasteiger partial charge in [-0.25, -0.2) is 4.79 Å². The molecule has 1 unspecified atom stereocenters. The Kier molecular flexibility index (Phi) is 5.39. The average Bonchev–Trinajstić information content (AvgIpc) is 3.14. The van der Waals surface area contributed by atoms with Crippen LogP contribution in [0, 0.1) is 12.3 Å². The monoisotopic (exact) mass is 335 g/mol. The minimum Gasteiger partial charge on any atom is -0.464 e. The zero-order valence-electron chi connectivity index (χ0n) is 12.9. The van der Waals surface area contributed by atoms with Crippen molar-refractivity contribution in [1.29, 1.82) is 0 Å². The molecular formula is C14H17N5O3S. The van der Waals surface area contributed by atoms with Gasteiger partial charge in [0.15, 0.2) is 5.66 Å². The van der Waals surface area contributed by atoms with E-state index in [1.807, 2.05) is 0 Å². The van der Waals surface area contributed by atoms with Crippen molar-refractivity contribution in [3.8, 4) is 12.3 Å². The van der Waals surface area contributed by atoms with E-state index >= 15 is 0 Å². The number of terminal acetylenes is 1. The van der Waals surface area contributed by atoms with E-state index in [0.717, 1.165) is 11.3 Å². The van der Waals surface area contributed by atoms with Crippen molar-refractivity contribution in [2.45, 2.75) is 44.3 Å². The Morgan fingerprint density at radius 3 is 2.74 bits per heavy atom. The van der Waals surface area contributed by atoms with Crippen LogP contribution in [0.3, 0.4) is 0 Å². The molecule has 9 heteroatoms. The molecule has 0 aromatic carbocycles. The second kappa shape index (κ2) is 7.28. The van der Waals surface area contributed by atoms with Crippen molar-refractivity contribution < 1.29 is 14.3 Å². The summed E-state index contributed by atoms with van der Waals surface area (Å²) in [5.74, 6) is 1.87. The molecule has 1 amide bonds. The van der Waals surface area contributed by atoms with Crippen LogP contribution in [0.5, 0.6) is 0 Å². The molecule has 0 bridgehead atoms. The van der Waals surface area contributed by atoms with Gasteiger partial charge in [0.1, 0.15) is 5.01 Å². The summed E-state index contributed by atoms with van der Waals surface area (Å²) in [6.45, 7) is 1.78. The minimum absolute atomic E-state index is 0.135. The second-order valence-corrected chi connectivity index (χ2v) is 6.12. The Bertz CT molecular complexity index is 658. The maximum atomic E-state index is 12.0. The van der Waals surface area contributed by atoms with Crippen molar-refractivity contribution in [2.24, 2.45) is 10.2 Å². The summed E-state index contributed by atoms with van der Waals surface area (Å²) in [7, 11) is 1.28. The molecule has 1 aromatic rings. The number of ether oxygens (including phenoxy) is 1. The van der Waals surface area contributed by atoms with Crippen LogP contribution < -0.4 is 5.32 Å². The largest absolute Gasteiger partial charge is 0.464 e. The van der Waals surface area contributed by atoms with Crippen LogP contribution in [0.1, 0.15) is 53.5 Å². The van der Waals surface area contributed by atoms with E-state index in [9.17, 15) is 9.59 Å². The molecule has 23 heavy (non-hydrogen) atoms. The topological polar surface area (TPSA) is 106 Å². The molecule has 1 atom stereocenters. The first-order chi connectivity index (χ1) is 11.0. The number of hydrogen-bond donors (Lipinski definition) is 1. The molecule has 1 aromatic heterocycles. The maximum Gasteiger partial charge on any atom is 0.369 e. The number of rotatable bonds is 8. The molecular weight excluding hydrogens is 318 g/mol. The molecule has 122 valence electrons. The lowest BCUT2D eigenvalue weighted by molar-refractivity contribution is -0.122. The van der Waals surface area contributed by atoms with Gasteiger partial charge >= 0.3 is 5.97 Å². The molecule has 0 fully saturated rings. The minimum atomic E-state index is -0.542. The molecule has 1 aliphatic rings. The Balaban J connectivity index is 1.80. The van der Waals surface area contributed by atoms with E-state index in [4.69, 9.17) is 6.42 Å². The Hall–Kier alpha value is -2.34. The summed E-state index contributed by atoms with van der Waals surface area (Å²) in [5, 5.41) is 19.1. The molecule has 2 heterocycles. The second-order valence-electron chi connectivity index (χ2n) is 5.11. The number of nitrogens with one attached hydrogen (secondary N) is 1. The first-order valence-electron chi connectivity index (χ1n) is 7.08. The van der Waals surface area contributed by atoms with E-state index in [2.05, 4.69) is 36.4 Å². The van der Waals surface area contributed by atoms with Gasteiger partial charge in [0, 0.05) is 25.7 Å². The third-order valence-corrected chi connectivity index (χ3v) is 4.44. The molecule has 0 aliphatic carbocycles. The summed E-state index contributed by atoms with van der Waals surface area (Å²) in [5.41, 5.74) is -0.465. The molecule has 0 radical (unpaired) electrons. The fourth-order valence-corrected chi connectivity index (χ4v) is 2.70. The molecule has 8 nitrogen and oxygen atoms in total. The number of hydrogen-bond acceptors (Lipinski definition) is 8. The summed E-state index contributed by atoms with van der Waals surface area (Å²) in [6, 6.07) is -0.340. The number of amides is 1. The maximum absolute atomic E-state index is 12.0. The summed E-state index contributed by atoms with van der Waals surface area (Å²) >= 11 is 1.09. The first-order valence-corrected chi connectivity index (χ1v) is 7.90. The lowest BCUT2D eigenvalue weighted by Crippen LogP contribution is -2.28. The standard InChI is InChI=1S/C14H17N5O3S/c1-4-5-7-14(18-19-14)8-6-10(20)15-9(2)11-16-17-12(23-11)13(21)22-3/h1,9H,5-8H2,2-3H3,(H,15,20). The normalized spacial score (nSPS) is 15.5. The predicted molar refractivity (Wildman–Crippen MR) is 82.7 cm³/mol. The fourth-order valence-electron chi connectivity index (χ4n) is 1.94. The highest BCUT2D eigenvalue weighted by atomic mass is 32.1. The molecule has 1 N–H and O–H groups in total. The van der Waals surface area contributed by atoms with Crippen LogP contribution >= 0.6 is 11.3 Å². The molecule has 0 saturated heterocycles. The highest BCUT2D eigenvalue weighted by Crippen LogP contribution is 2.37. The van der Waals surface area contributed by atoms with Gasteiger partial charge in [-0.05, 0) is 6.92 Å². The lowest BCUT2D eigenvalue weighted by Gasteiger charge is -2.12. The van der Waals surface area contributed by atoms with Gasteiger partial charge in [-0.2, -0.15) is 10.2 Å². The van der Waals surface area contributed by atoms with Gasteiger partial charge in [-0.1, -0.05) is 11.3 Å². The first kappa shape index (κ1) is 17.0. The van der Waals surface area contributed by atoms with Crippen LogP contribution in [-0.4, -0.2) is 34.8 Å². The van der Waals surface area contributed by atoms with Gasteiger partial charge in [0.25, 0.3) is 0 Å². The van der Waals surface area contributed by atoms with Gasteiger partial charge in [-0.15, -0.1) is 22.5 Å². The van der Waals surface area contributed by atoms with Crippen LogP contribution in [0.25, 0.3) is 0 Å². The van der Waals surface area contributed by atoms with Crippen LogP contribution in [-0.2, 0) is 9.53 Å². The fraction of sp³-hybridized carbons (Fsp3) is 0.571. The summed E-state index contributed by atoms with van der Waals surface area (Å²) in [6.07, 6.45) is 7.32. The zero-order valence-corrected chi connectivity index (χ0v) is 13.7. The van der Waals surface area contributed by atoms with Crippen LogP contribution in [0.4, 0.5) is 0 Å². The molecule has 0 spiro atoms. The van der Waals surface area contributed by atoms with Crippen molar-refractivity contribution in [3.63, 3.8) is 0 Å². The van der Waals surface area contributed by atoms with Crippen LogP contribution in [0.15, 0.2) is 10.2 Å². The van der Waals surface area contributed by atoms with Gasteiger partial charge in [0.2, 0.25) is 10.9 Å². The van der Waals surface area contributed by atoms with Crippen molar-refractivity contribution >= 4 is 23.2 Å². The van der Waals surface area contributed by atoms with Crippen molar-refractivity contribution in [1.82, 2.24) is 15.5 Å². The zero-order chi connectivity index (χ0) is 16.9. The molecule has 2 rings (SSSR count).